The van der Waals surface area contributed by atoms with Crippen molar-refractivity contribution in [3.05, 3.63) is 59.5 Å². The van der Waals surface area contributed by atoms with Crippen molar-refractivity contribution >= 4 is 0 Å². The number of nitrogens with zero attached hydrogens (tertiary/aromatic N) is 2. The van der Waals surface area contributed by atoms with Crippen LogP contribution in [-0.4, -0.2) is 10.2 Å². The zero-order chi connectivity index (χ0) is 16.5. The number of hydrogen-bond acceptors (Lipinski definition) is 4. The van der Waals surface area contributed by atoms with Crippen LogP contribution < -0.4 is 10.5 Å². The fourth-order valence-corrected chi connectivity index (χ4v) is 3.65. The Balaban J connectivity index is 1.89. The second-order valence-corrected chi connectivity index (χ2v) is 6.18. The molecular formula is C19H18N4O. The Bertz CT molecular complexity index is 857. The number of H-pyrrole nitrogens is 1. The van der Waals surface area contributed by atoms with E-state index in [9.17, 15) is 5.26 Å². The number of fused-ring (bicyclic) bond motifs is 1. The Morgan fingerprint density at radius 1 is 1.29 bits per heavy atom. The average molecular weight is 318 g/mol. The van der Waals surface area contributed by atoms with Crippen LogP contribution in [0.1, 0.15) is 30.7 Å². The number of aromatic amines is 1. The third kappa shape index (κ3) is 2.28. The van der Waals surface area contributed by atoms with Gasteiger partial charge in [-0.15, -0.1) is 5.10 Å². The van der Waals surface area contributed by atoms with Gasteiger partial charge in [0.05, 0.1) is 16.8 Å². The van der Waals surface area contributed by atoms with Gasteiger partial charge in [-0.3, -0.25) is 5.10 Å². The van der Waals surface area contributed by atoms with Crippen LogP contribution in [-0.2, 0) is 0 Å². The van der Waals surface area contributed by atoms with Crippen LogP contribution in [0.4, 0.5) is 0 Å². The fourth-order valence-electron chi connectivity index (χ4n) is 3.65. The topological polar surface area (TPSA) is 87.7 Å². The molecular weight excluding hydrogens is 300 g/mol. The molecule has 2 atom stereocenters. The molecule has 2 aromatic rings. The van der Waals surface area contributed by atoms with Crippen LogP contribution >= 0.6 is 0 Å². The van der Waals surface area contributed by atoms with Gasteiger partial charge in [0.25, 0.3) is 0 Å². The van der Waals surface area contributed by atoms with E-state index < -0.39 is 0 Å². The molecule has 5 heteroatoms. The van der Waals surface area contributed by atoms with Crippen LogP contribution in [0.25, 0.3) is 11.3 Å². The molecule has 2 aliphatic rings. The van der Waals surface area contributed by atoms with Gasteiger partial charge in [-0.1, -0.05) is 42.5 Å². The van der Waals surface area contributed by atoms with Gasteiger partial charge in [-0.05, 0) is 30.7 Å². The minimum atomic E-state index is -0.121. The summed E-state index contributed by atoms with van der Waals surface area (Å²) >= 11 is 0. The molecule has 1 aromatic carbocycles. The standard InChI is InChI=1S/C19H18N4O/c20-11-14-15(12-7-3-1-4-8-12)16-17(13-9-5-2-6-10-13)22-23-19(16)24-18(14)21/h2-3,5-7,9-10,12,15H,1,4,8,21H2,(H,22,23)/t12-,15+/m0/s1. The van der Waals surface area contributed by atoms with Gasteiger partial charge >= 0.3 is 0 Å². The first-order valence-corrected chi connectivity index (χ1v) is 8.17. The number of benzene rings is 1. The molecule has 0 amide bonds. The molecule has 0 bridgehead atoms. The molecule has 1 aromatic heterocycles. The summed E-state index contributed by atoms with van der Waals surface area (Å²) in [5.74, 6) is 0.758. The van der Waals surface area contributed by atoms with E-state index in [1.807, 2.05) is 30.3 Å². The number of nitrogens with two attached hydrogens (primary N) is 1. The molecule has 0 radical (unpaired) electrons. The van der Waals surface area contributed by atoms with Gasteiger partial charge in [0.2, 0.25) is 11.8 Å². The van der Waals surface area contributed by atoms with E-state index in [4.69, 9.17) is 10.5 Å². The number of hydrogen-bond donors (Lipinski definition) is 2. The molecule has 4 rings (SSSR count). The van der Waals surface area contributed by atoms with Crippen molar-refractivity contribution in [2.45, 2.75) is 25.2 Å². The molecule has 1 aliphatic heterocycles. The zero-order valence-electron chi connectivity index (χ0n) is 13.2. The van der Waals surface area contributed by atoms with Crippen LogP contribution in [0.15, 0.2) is 53.9 Å². The van der Waals surface area contributed by atoms with E-state index >= 15 is 0 Å². The van der Waals surface area contributed by atoms with Gasteiger partial charge in [0.15, 0.2) is 0 Å². The molecule has 0 spiro atoms. The third-order valence-electron chi connectivity index (χ3n) is 4.77. The van der Waals surface area contributed by atoms with E-state index in [0.29, 0.717) is 11.5 Å². The van der Waals surface area contributed by atoms with E-state index in [0.717, 1.165) is 36.1 Å². The molecule has 0 unspecified atom stereocenters. The SMILES string of the molecule is N#CC1=C(N)Oc2n[nH]c(-c3ccccc3)c2[C@@H]1[C@H]1C=CCCC1. The lowest BCUT2D eigenvalue weighted by atomic mass is 9.75. The molecule has 3 N–H and O–H groups in total. The second-order valence-electron chi connectivity index (χ2n) is 6.18. The van der Waals surface area contributed by atoms with E-state index in [1.165, 1.54) is 0 Å². The Morgan fingerprint density at radius 3 is 2.83 bits per heavy atom. The zero-order valence-corrected chi connectivity index (χ0v) is 13.2. The predicted octanol–water partition coefficient (Wildman–Crippen LogP) is 3.60. The first kappa shape index (κ1) is 14.6. The van der Waals surface area contributed by atoms with Gasteiger partial charge in [-0.25, -0.2) is 0 Å². The van der Waals surface area contributed by atoms with Crippen molar-refractivity contribution in [3.8, 4) is 23.2 Å². The number of aromatic nitrogens is 2. The summed E-state index contributed by atoms with van der Waals surface area (Å²) < 4.78 is 5.63. The average Bonchev–Trinajstić information content (AvgIpc) is 3.05. The molecule has 0 fully saturated rings. The van der Waals surface area contributed by atoms with Crippen molar-refractivity contribution in [2.24, 2.45) is 11.7 Å². The van der Waals surface area contributed by atoms with Crippen LogP contribution in [0, 0.1) is 17.2 Å². The van der Waals surface area contributed by atoms with Crippen LogP contribution in [0.2, 0.25) is 0 Å². The maximum atomic E-state index is 9.66. The van der Waals surface area contributed by atoms with E-state index in [-0.39, 0.29) is 17.7 Å². The summed E-state index contributed by atoms with van der Waals surface area (Å²) in [7, 11) is 0. The second kappa shape index (κ2) is 5.89. The molecule has 0 saturated carbocycles. The monoisotopic (exact) mass is 318 g/mol. The molecule has 5 nitrogen and oxygen atoms in total. The lowest BCUT2D eigenvalue weighted by Gasteiger charge is -2.30. The minimum Gasteiger partial charge on any atom is -0.420 e. The fraction of sp³-hybridized carbons (Fsp3) is 0.263. The Morgan fingerprint density at radius 2 is 2.12 bits per heavy atom. The largest absolute Gasteiger partial charge is 0.420 e. The highest BCUT2D eigenvalue weighted by molar-refractivity contribution is 5.69. The summed E-state index contributed by atoms with van der Waals surface area (Å²) in [6.45, 7) is 0. The quantitative estimate of drug-likeness (QED) is 0.828. The lowest BCUT2D eigenvalue weighted by molar-refractivity contribution is 0.355. The van der Waals surface area contributed by atoms with E-state index in [2.05, 4.69) is 28.4 Å². The van der Waals surface area contributed by atoms with Crippen molar-refractivity contribution < 1.29 is 4.74 Å². The smallest absolute Gasteiger partial charge is 0.244 e. The van der Waals surface area contributed by atoms with Crippen molar-refractivity contribution in [3.63, 3.8) is 0 Å². The van der Waals surface area contributed by atoms with Crippen molar-refractivity contribution in [2.75, 3.05) is 0 Å². The number of nitriles is 1. The van der Waals surface area contributed by atoms with Gasteiger partial charge in [0.1, 0.15) is 6.07 Å². The molecule has 2 heterocycles. The van der Waals surface area contributed by atoms with Gasteiger partial charge in [-0.2, -0.15) is 5.26 Å². The highest BCUT2D eigenvalue weighted by Crippen LogP contribution is 2.48. The Hall–Kier alpha value is -3.00. The lowest BCUT2D eigenvalue weighted by Crippen LogP contribution is -2.25. The maximum Gasteiger partial charge on any atom is 0.244 e. The van der Waals surface area contributed by atoms with Crippen LogP contribution in [0.5, 0.6) is 5.88 Å². The molecule has 1 aliphatic carbocycles. The summed E-state index contributed by atoms with van der Waals surface area (Å²) in [5, 5.41) is 17.0. The summed E-state index contributed by atoms with van der Waals surface area (Å²) in [6, 6.07) is 12.3. The van der Waals surface area contributed by atoms with Gasteiger partial charge in [0, 0.05) is 5.92 Å². The van der Waals surface area contributed by atoms with E-state index in [1.54, 1.807) is 0 Å². The normalized spacial score (nSPS) is 22.6. The Kier molecular flexibility index (Phi) is 3.58. The summed E-state index contributed by atoms with van der Waals surface area (Å²) in [5.41, 5.74) is 9.36. The summed E-state index contributed by atoms with van der Waals surface area (Å²) in [6.07, 6.45) is 7.63. The first-order valence-electron chi connectivity index (χ1n) is 8.17. The first-order chi connectivity index (χ1) is 11.8. The third-order valence-corrected chi connectivity index (χ3v) is 4.77. The molecule has 24 heavy (non-hydrogen) atoms. The highest BCUT2D eigenvalue weighted by atomic mass is 16.5. The van der Waals surface area contributed by atoms with Crippen molar-refractivity contribution in [1.29, 1.82) is 5.26 Å². The number of ether oxygens (including phenoxy) is 1. The van der Waals surface area contributed by atoms with Crippen LogP contribution in [0.3, 0.4) is 0 Å². The maximum absolute atomic E-state index is 9.66. The summed E-state index contributed by atoms with van der Waals surface area (Å²) in [4.78, 5) is 0. The van der Waals surface area contributed by atoms with Gasteiger partial charge < -0.3 is 10.5 Å². The highest BCUT2D eigenvalue weighted by Gasteiger charge is 2.38. The number of nitrogens with one attached hydrogen (secondary N) is 1. The number of allylic oxidation sites excluding steroid dienone is 3. The van der Waals surface area contributed by atoms with Crippen molar-refractivity contribution in [1.82, 2.24) is 10.2 Å². The predicted molar refractivity (Wildman–Crippen MR) is 90.7 cm³/mol. The minimum absolute atomic E-state index is 0.121. The number of rotatable bonds is 2. The molecule has 0 saturated heterocycles. The Labute approximate surface area is 140 Å². The molecule has 120 valence electrons.